The number of aliphatic hydroxyl groups excluding tert-OH is 1. The predicted octanol–water partition coefficient (Wildman–Crippen LogP) is 12.2. The number of hydrogen-bond acceptors (Lipinski definition) is 12. The zero-order chi connectivity index (χ0) is 51.5. The number of phosphoric acid groups is 1. The maximum atomic E-state index is 13.9. The van der Waals surface area contributed by atoms with E-state index in [1.807, 2.05) is 34.1 Å². The molecule has 14 nitrogen and oxygen atoms in total. The van der Waals surface area contributed by atoms with Crippen molar-refractivity contribution >= 4 is 36.9 Å². The largest absolute Gasteiger partial charge is 0.511 e. The summed E-state index contributed by atoms with van der Waals surface area (Å²) < 4.78 is 35.5. The van der Waals surface area contributed by atoms with E-state index in [-0.39, 0.29) is 50.1 Å². The minimum Gasteiger partial charge on any atom is -0.511 e. The van der Waals surface area contributed by atoms with Gasteiger partial charge in [0.2, 0.25) is 0 Å². The number of carbonyl (C=O) groups excluding carboxylic acids is 2. The Kier molecular flexibility index (Phi) is 20.0. The first-order valence-corrected chi connectivity index (χ1v) is 28.0. The molecule has 0 aromatic carbocycles. The molecule has 6 rings (SSSR count). The van der Waals surface area contributed by atoms with Gasteiger partial charge in [-0.3, -0.25) is 18.6 Å². The van der Waals surface area contributed by atoms with Crippen LogP contribution < -0.4 is 5.32 Å². The second-order valence-corrected chi connectivity index (χ2v) is 22.6. The number of unbranched alkanes of at least 4 members (excludes halogenated alkanes) is 12. The van der Waals surface area contributed by atoms with Crippen molar-refractivity contribution in [3.8, 4) is 0 Å². The highest BCUT2D eigenvalue weighted by Gasteiger charge is 2.41. The number of likely N-dealkylation sites (N-methyl/N-ethyl adjacent to an activating group) is 1. The first-order chi connectivity index (χ1) is 33.8. The summed E-state index contributed by atoms with van der Waals surface area (Å²) in [5, 5.41) is 15.3. The molecule has 0 spiro atoms. The Bertz CT molecular complexity index is 2440. The number of nitrogens with zero attached hydrogens (tertiary/aromatic N) is 4. The fourth-order valence-electron chi connectivity index (χ4n) is 10.1. The Labute approximate surface area is 423 Å². The topological polar surface area (TPSA) is 178 Å². The average Bonchev–Trinajstić information content (AvgIpc) is 4.07. The zero-order valence-electron chi connectivity index (χ0n) is 44.5. The van der Waals surface area contributed by atoms with Gasteiger partial charge in [-0.2, -0.15) is 0 Å². The summed E-state index contributed by atoms with van der Waals surface area (Å²) in [4.78, 5) is 52.7. The van der Waals surface area contributed by atoms with Gasteiger partial charge in [-0.1, -0.05) is 97.8 Å². The number of aliphatic hydroxyl groups is 1. The van der Waals surface area contributed by atoms with Gasteiger partial charge in [0.15, 0.2) is 6.10 Å². The van der Waals surface area contributed by atoms with Crippen LogP contribution in [0.4, 0.5) is 0 Å². The van der Waals surface area contributed by atoms with Crippen LogP contribution in [-0.2, 0) is 32.7 Å². The smallest absolute Gasteiger partial charge is 0.472 e. The molecular formula is C56H83N5O9P+. The van der Waals surface area contributed by atoms with E-state index in [2.05, 4.69) is 59.0 Å². The number of phosphoric ester groups is 1. The molecule has 0 aromatic rings. The van der Waals surface area contributed by atoms with E-state index in [1.54, 1.807) is 0 Å². The minimum absolute atomic E-state index is 0.0220. The van der Waals surface area contributed by atoms with E-state index >= 15 is 0 Å². The molecule has 1 saturated heterocycles. The van der Waals surface area contributed by atoms with Crippen molar-refractivity contribution in [2.45, 2.75) is 170 Å². The van der Waals surface area contributed by atoms with Crippen LogP contribution in [0.15, 0.2) is 106 Å². The summed E-state index contributed by atoms with van der Waals surface area (Å²) in [6.07, 6.45) is 22.2. The van der Waals surface area contributed by atoms with Crippen LogP contribution >= 0.6 is 7.82 Å². The van der Waals surface area contributed by atoms with Crippen molar-refractivity contribution in [2.24, 2.45) is 26.8 Å². The summed E-state index contributed by atoms with van der Waals surface area (Å²) in [7, 11) is 1.28. The lowest BCUT2D eigenvalue weighted by Crippen LogP contribution is -2.37. The molecule has 0 saturated carbocycles. The SMILES string of the molecule is CCCCCCCCCCCCCCCC(=O)OCC(COP(=O)(O)OCC[N+](C)(C)C)OC(=O)CCC1C2=C3CC(O)=C4C3=NC(=C4C)C=C3N=C(C=C4N=C(C=C(N2)C1C)C(C)=C4C)C(C)=C3CC. The lowest BCUT2D eigenvalue weighted by Gasteiger charge is -2.24. The van der Waals surface area contributed by atoms with Gasteiger partial charge in [-0.25, -0.2) is 19.5 Å². The lowest BCUT2D eigenvalue weighted by atomic mass is 9.86. The number of esters is 2. The predicted molar refractivity (Wildman–Crippen MR) is 283 cm³/mol. The molecule has 1 fully saturated rings. The first-order valence-electron chi connectivity index (χ1n) is 26.5. The van der Waals surface area contributed by atoms with Crippen LogP contribution in [0.25, 0.3) is 0 Å². The Morgan fingerprint density at radius 1 is 0.775 bits per heavy atom. The van der Waals surface area contributed by atoms with Gasteiger partial charge >= 0.3 is 19.8 Å². The third kappa shape index (κ3) is 15.1. The number of carbonyl (C=O) groups is 2. The molecular weight excluding hydrogens is 918 g/mol. The van der Waals surface area contributed by atoms with Gasteiger partial charge in [0, 0.05) is 53.6 Å². The van der Waals surface area contributed by atoms with Gasteiger partial charge in [0.1, 0.15) is 25.5 Å². The molecule has 3 N–H and O–H groups in total. The summed E-state index contributed by atoms with van der Waals surface area (Å²) in [5.41, 5.74) is 13.6. The van der Waals surface area contributed by atoms with Crippen LogP contribution in [0.5, 0.6) is 0 Å². The maximum Gasteiger partial charge on any atom is 0.472 e. The van der Waals surface area contributed by atoms with Crippen LogP contribution in [0.3, 0.4) is 0 Å². The number of fused-ring (bicyclic) bond motifs is 5. The second kappa shape index (κ2) is 25.5. The number of allylic oxidation sites excluding steroid dienone is 12. The van der Waals surface area contributed by atoms with E-state index in [0.29, 0.717) is 29.6 Å². The highest BCUT2D eigenvalue weighted by molar-refractivity contribution is 7.47. The van der Waals surface area contributed by atoms with Gasteiger partial charge < -0.3 is 29.3 Å². The normalized spacial score (nSPS) is 21.1. The molecule has 4 atom stereocenters. The fraction of sp³-hybridized carbons (Fsp3) is 0.625. The Balaban J connectivity index is 1.14. The average molecular weight is 1000 g/mol. The third-order valence-corrected chi connectivity index (χ3v) is 15.7. The number of aliphatic imine (C=N–C) groups is 3. The van der Waals surface area contributed by atoms with Gasteiger partial charge in [0.05, 0.1) is 62.0 Å². The molecule has 71 heavy (non-hydrogen) atoms. The van der Waals surface area contributed by atoms with Crippen molar-refractivity contribution < 1.29 is 47.2 Å². The van der Waals surface area contributed by atoms with Crippen molar-refractivity contribution in [3.63, 3.8) is 0 Å². The molecule has 5 heterocycles. The molecule has 0 amide bonds. The van der Waals surface area contributed by atoms with Gasteiger partial charge in [-0.15, -0.1) is 0 Å². The highest BCUT2D eigenvalue weighted by Crippen LogP contribution is 2.47. The minimum atomic E-state index is -4.53. The van der Waals surface area contributed by atoms with E-state index in [1.165, 1.54) is 57.8 Å². The summed E-state index contributed by atoms with van der Waals surface area (Å²) in [6.45, 7) is 14.3. The van der Waals surface area contributed by atoms with Crippen molar-refractivity contribution in [1.82, 2.24) is 5.32 Å². The van der Waals surface area contributed by atoms with Crippen LogP contribution in [0.2, 0.25) is 0 Å². The molecule has 4 unspecified atom stereocenters. The molecule has 5 aliphatic heterocycles. The molecule has 15 heteroatoms. The van der Waals surface area contributed by atoms with Crippen molar-refractivity contribution in [2.75, 3.05) is 47.5 Å². The zero-order valence-corrected chi connectivity index (χ0v) is 45.4. The number of ether oxygens (including phenoxy) is 2. The van der Waals surface area contributed by atoms with Crippen LogP contribution in [0.1, 0.15) is 164 Å². The summed E-state index contributed by atoms with van der Waals surface area (Å²) >= 11 is 0. The molecule has 390 valence electrons. The van der Waals surface area contributed by atoms with Gasteiger partial charge in [-0.05, 0) is 93.1 Å². The number of rotatable bonds is 28. The Morgan fingerprint density at radius 3 is 2.06 bits per heavy atom. The van der Waals surface area contributed by atoms with E-state index in [0.717, 1.165) is 105 Å². The summed E-state index contributed by atoms with van der Waals surface area (Å²) in [5.74, 6) is -1.06. The third-order valence-electron chi connectivity index (χ3n) is 14.7. The van der Waals surface area contributed by atoms with Crippen molar-refractivity contribution in [1.29, 1.82) is 0 Å². The van der Waals surface area contributed by atoms with E-state index < -0.39 is 32.5 Å². The van der Waals surface area contributed by atoms with E-state index in [4.69, 9.17) is 33.5 Å². The Hall–Kier alpha value is -4.46. The second-order valence-electron chi connectivity index (χ2n) is 21.2. The molecule has 8 bridgehead atoms. The van der Waals surface area contributed by atoms with Gasteiger partial charge in [0.25, 0.3) is 0 Å². The van der Waals surface area contributed by atoms with Crippen molar-refractivity contribution in [3.05, 3.63) is 91.5 Å². The number of nitrogens with one attached hydrogen (secondary N) is 1. The number of hydrogen-bond donors (Lipinski definition) is 3. The maximum absolute atomic E-state index is 13.9. The first kappa shape index (κ1) is 55.8. The Morgan fingerprint density at radius 2 is 1.41 bits per heavy atom. The molecule has 0 aromatic heterocycles. The molecule has 0 radical (unpaired) electrons. The van der Waals surface area contributed by atoms with Crippen LogP contribution in [0, 0.1) is 11.8 Å². The quantitative estimate of drug-likeness (QED) is 0.0296. The van der Waals surface area contributed by atoms with Crippen LogP contribution in [-0.4, -0.2) is 97.2 Å². The monoisotopic (exact) mass is 1000 g/mol. The summed E-state index contributed by atoms with van der Waals surface area (Å²) in [6, 6.07) is 0. The lowest BCUT2D eigenvalue weighted by molar-refractivity contribution is -0.870. The standard InChI is InChI=1S/C56H82N5O9P/c1-11-13-14-15-16-17-18-19-20-21-22-23-24-25-52(63)67-34-41(35-69-71(65,66)68-29-28-61(8,9)10)70-53(64)27-26-43-39(6)48-32-46-37(4)36(3)45(57-46)31-47-38(5)42(12-2)50(58-47)33-49-40(7)54-51(62)30-44(55(43)59-48)56(54)60-49/h31-33,39,41,43H,11-30,34-35H2,1-10H3,(H2-,57,58,59,60,62,65,66)/p+1. The molecule has 6 aliphatic rings. The van der Waals surface area contributed by atoms with E-state index in [9.17, 15) is 24.2 Å². The highest BCUT2D eigenvalue weighted by atomic mass is 31.2. The fourth-order valence-corrected chi connectivity index (χ4v) is 10.8. The number of quaternary nitrogens is 1. The molecule has 1 aliphatic carbocycles.